The average molecular weight is 418 g/mol. The lowest BCUT2D eigenvalue weighted by molar-refractivity contribution is 0.0490. The molecule has 0 aliphatic carbocycles. The number of halogens is 1. The van der Waals surface area contributed by atoms with Crippen LogP contribution in [-0.2, 0) is 14.8 Å². The number of anilines is 1. The maximum absolute atomic E-state index is 12.7. The second-order valence-electron chi connectivity index (χ2n) is 4.67. The Kier molecular flexibility index (Phi) is 5.54. The molecule has 2 aromatic heterocycles. The molecular weight excluding hydrogens is 406 g/mol. The van der Waals surface area contributed by atoms with Crippen molar-refractivity contribution >= 4 is 49.4 Å². The predicted octanol–water partition coefficient (Wildman–Crippen LogP) is 3.70. The lowest BCUT2D eigenvalue weighted by Crippen LogP contribution is -2.15. The molecule has 0 saturated carbocycles. The third kappa shape index (κ3) is 4.28. The van der Waals surface area contributed by atoms with Gasteiger partial charge in [0, 0.05) is 23.1 Å². The molecule has 3 rings (SSSR count). The van der Waals surface area contributed by atoms with Gasteiger partial charge in [-0.15, -0.1) is 10.2 Å². The monoisotopic (exact) mass is 417 g/mol. The zero-order valence-corrected chi connectivity index (χ0v) is 16.0. The molecule has 0 radical (unpaired) electrons. The molecule has 1 N–H and O–H groups in total. The van der Waals surface area contributed by atoms with Gasteiger partial charge in [-0.25, -0.2) is 8.42 Å². The molecule has 7 nitrogen and oxygen atoms in total. The van der Waals surface area contributed by atoms with E-state index in [1.165, 1.54) is 36.6 Å². The maximum atomic E-state index is 12.7. The predicted molar refractivity (Wildman–Crippen MR) is 98.0 cm³/mol. The first-order valence-corrected chi connectivity index (χ1v) is 10.4. The van der Waals surface area contributed by atoms with Gasteiger partial charge in [-0.1, -0.05) is 22.9 Å². The molecular formula is C14H12ClN3O4S3. The molecule has 11 heteroatoms. The van der Waals surface area contributed by atoms with Crippen LogP contribution in [0.4, 0.5) is 5.13 Å². The molecule has 0 spiro atoms. The van der Waals surface area contributed by atoms with Crippen LogP contribution in [0, 0.1) is 0 Å². The summed E-state index contributed by atoms with van der Waals surface area (Å²) in [6.45, 7) is -0.0920. The van der Waals surface area contributed by atoms with E-state index in [1.807, 2.05) is 16.8 Å². The number of hydrogen-bond acceptors (Lipinski definition) is 8. The Hall–Kier alpha value is -1.72. The fourth-order valence-corrected chi connectivity index (χ4v) is 4.96. The van der Waals surface area contributed by atoms with Crippen LogP contribution in [-0.4, -0.2) is 32.5 Å². The van der Waals surface area contributed by atoms with Crippen LogP contribution < -0.4 is 9.46 Å². The topological polar surface area (TPSA) is 90.4 Å². The number of nitrogens with zero attached hydrogens (tertiary/aromatic N) is 2. The summed E-state index contributed by atoms with van der Waals surface area (Å²) >= 11 is 8.59. The third-order valence-electron chi connectivity index (χ3n) is 2.94. The summed E-state index contributed by atoms with van der Waals surface area (Å²) in [6.07, 6.45) is 0. The molecule has 25 heavy (non-hydrogen) atoms. The summed E-state index contributed by atoms with van der Waals surface area (Å²) in [5.41, 5.74) is 0.889. The van der Waals surface area contributed by atoms with Crippen molar-refractivity contribution in [2.24, 2.45) is 0 Å². The number of rotatable bonds is 7. The van der Waals surface area contributed by atoms with Crippen molar-refractivity contribution in [2.75, 3.05) is 18.6 Å². The first kappa shape index (κ1) is 18.1. The smallest absolute Gasteiger partial charge is 0.267 e. The molecule has 0 bridgehead atoms. The standard InChI is InChI=1S/C14H12ClN3O4S3/c1-21-8-22-11-3-2-10(15)6-12(11)25(19,20)18-14-17-16-13(24-14)9-4-5-23-7-9/h2-7H,8H2,1H3,(H,17,18). The molecule has 0 fully saturated rings. The van der Waals surface area contributed by atoms with E-state index >= 15 is 0 Å². The Bertz CT molecular complexity index is 958. The molecule has 0 unspecified atom stereocenters. The Morgan fingerprint density at radius 2 is 2.12 bits per heavy atom. The Morgan fingerprint density at radius 3 is 2.84 bits per heavy atom. The molecule has 0 aliphatic rings. The molecule has 2 heterocycles. The molecule has 3 aromatic rings. The van der Waals surface area contributed by atoms with E-state index in [4.69, 9.17) is 21.1 Å². The zero-order chi connectivity index (χ0) is 17.9. The van der Waals surface area contributed by atoms with E-state index < -0.39 is 10.0 Å². The van der Waals surface area contributed by atoms with E-state index in [2.05, 4.69) is 14.9 Å². The summed E-state index contributed by atoms with van der Waals surface area (Å²) < 4.78 is 37.9. The summed E-state index contributed by atoms with van der Waals surface area (Å²) in [6, 6.07) is 6.19. The molecule has 0 atom stereocenters. The number of aromatic nitrogens is 2. The highest BCUT2D eigenvalue weighted by Gasteiger charge is 2.22. The highest BCUT2D eigenvalue weighted by Crippen LogP contribution is 2.32. The fraction of sp³-hybridized carbons (Fsp3) is 0.143. The van der Waals surface area contributed by atoms with Crippen LogP contribution in [0.3, 0.4) is 0 Å². The Morgan fingerprint density at radius 1 is 1.28 bits per heavy atom. The fourth-order valence-electron chi connectivity index (χ4n) is 1.87. The Balaban J connectivity index is 1.88. The van der Waals surface area contributed by atoms with Gasteiger partial charge in [-0.3, -0.25) is 4.72 Å². The number of nitrogens with one attached hydrogen (secondary N) is 1. The van der Waals surface area contributed by atoms with Crippen molar-refractivity contribution in [2.45, 2.75) is 4.90 Å². The van der Waals surface area contributed by atoms with Gasteiger partial charge >= 0.3 is 0 Å². The lowest BCUT2D eigenvalue weighted by atomic mass is 10.3. The number of methoxy groups -OCH3 is 1. The highest BCUT2D eigenvalue weighted by molar-refractivity contribution is 7.93. The SMILES string of the molecule is COCOc1ccc(Cl)cc1S(=O)(=O)Nc1nnc(-c2ccsc2)s1. The zero-order valence-electron chi connectivity index (χ0n) is 12.8. The molecule has 0 aliphatic heterocycles. The summed E-state index contributed by atoms with van der Waals surface area (Å²) in [4.78, 5) is -0.107. The molecule has 0 saturated heterocycles. The van der Waals surface area contributed by atoms with E-state index in [1.54, 1.807) is 0 Å². The van der Waals surface area contributed by atoms with Gasteiger partial charge in [0.2, 0.25) is 5.13 Å². The number of thiophene rings is 1. The quantitative estimate of drug-likeness (QED) is 0.589. The maximum Gasteiger partial charge on any atom is 0.267 e. The van der Waals surface area contributed by atoms with Gasteiger partial charge in [-0.2, -0.15) is 11.3 Å². The van der Waals surface area contributed by atoms with Crippen LogP contribution in [0.1, 0.15) is 0 Å². The first-order chi connectivity index (χ1) is 12.0. The number of sulfonamides is 1. The van der Waals surface area contributed by atoms with Crippen LogP contribution in [0.5, 0.6) is 5.75 Å². The van der Waals surface area contributed by atoms with E-state index in [0.717, 1.165) is 16.9 Å². The third-order valence-corrected chi connectivity index (χ3v) is 6.24. The Labute approximate surface area is 157 Å². The lowest BCUT2D eigenvalue weighted by Gasteiger charge is -2.11. The summed E-state index contributed by atoms with van der Waals surface area (Å²) in [7, 11) is -2.52. The average Bonchev–Trinajstić information content (AvgIpc) is 3.24. The second-order valence-corrected chi connectivity index (χ2v) is 8.52. The highest BCUT2D eigenvalue weighted by atomic mass is 35.5. The molecule has 1 aromatic carbocycles. The van der Waals surface area contributed by atoms with Crippen molar-refractivity contribution in [3.8, 4) is 16.3 Å². The van der Waals surface area contributed by atoms with Crippen molar-refractivity contribution in [1.29, 1.82) is 0 Å². The first-order valence-electron chi connectivity index (χ1n) is 6.80. The van der Waals surface area contributed by atoms with Gasteiger partial charge in [0.15, 0.2) is 6.79 Å². The largest absolute Gasteiger partial charge is 0.466 e. The van der Waals surface area contributed by atoms with Crippen LogP contribution >= 0.6 is 34.3 Å². The number of benzene rings is 1. The van der Waals surface area contributed by atoms with Gasteiger partial charge < -0.3 is 9.47 Å². The van der Waals surface area contributed by atoms with Gasteiger partial charge in [-0.05, 0) is 29.6 Å². The minimum atomic E-state index is -3.96. The minimum absolute atomic E-state index is 0.0920. The van der Waals surface area contributed by atoms with Crippen molar-refractivity contribution in [3.05, 3.63) is 40.0 Å². The van der Waals surface area contributed by atoms with Gasteiger partial charge in [0.25, 0.3) is 10.0 Å². The van der Waals surface area contributed by atoms with Crippen molar-refractivity contribution in [3.63, 3.8) is 0 Å². The minimum Gasteiger partial charge on any atom is -0.466 e. The van der Waals surface area contributed by atoms with Crippen molar-refractivity contribution < 1.29 is 17.9 Å². The van der Waals surface area contributed by atoms with E-state index in [0.29, 0.717) is 5.01 Å². The normalized spacial score (nSPS) is 11.4. The second kappa shape index (κ2) is 7.67. The van der Waals surface area contributed by atoms with Crippen LogP contribution in [0.25, 0.3) is 10.6 Å². The number of hydrogen-bond donors (Lipinski definition) is 1. The van der Waals surface area contributed by atoms with E-state index in [9.17, 15) is 8.42 Å². The number of ether oxygens (including phenoxy) is 2. The van der Waals surface area contributed by atoms with Gasteiger partial charge in [0.1, 0.15) is 15.7 Å². The van der Waals surface area contributed by atoms with E-state index in [-0.39, 0.29) is 27.6 Å². The van der Waals surface area contributed by atoms with Crippen molar-refractivity contribution in [1.82, 2.24) is 10.2 Å². The van der Waals surface area contributed by atoms with Crippen LogP contribution in [0.2, 0.25) is 5.02 Å². The molecule has 132 valence electrons. The van der Waals surface area contributed by atoms with Gasteiger partial charge in [0.05, 0.1) is 0 Å². The summed E-state index contributed by atoms with van der Waals surface area (Å²) in [5, 5.41) is 12.7. The molecule has 0 amide bonds. The summed E-state index contributed by atoms with van der Waals surface area (Å²) in [5.74, 6) is 0.126. The van der Waals surface area contributed by atoms with Crippen LogP contribution in [0.15, 0.2) is 39.9 Å².